The van der Waals surface area contributed by atoms with Crippen LogP contribution in [0.1, 0.15) is 35.6 Å². The number of anilines is 2. The minimum Gasteiger partial charge on any atom is -0.360 e. The summed E-state index contributed by atoms with van der Waals surface area (Å²) in [6.45, 7) is 2.65. The van der Waals surface area contributed by atoms with Crippen LogP contribution in [0.3, 0.4) is 0 Å². The monoisotopic (exact) mass is 271 g/mol. The molecule has 1 aliphatic rings. The fourth-order valence-corrected chi connectivity index (χ4v) is 3.00. The van der Waals surface area contributed by atoms with Gasteiger partial charge in [-0.2, -0.15) is 0 Å². The molecule has 0 unspecified atom stereocenters. The molecule has 0 bridgehead atoms. The largest absolute Gasteiger partial charge is 0.360 e. The van der Waals surface area contributed by atoms with E-state index in [1.54, 1.807) is 0 Å². The van der Waals surface area contributed by atoms with Crippen molar-refractivity contribution < 1.29 is 4.52 Å². The number of hydrogen-bond acceptors (Lipinski definition) is 4. The molecule has 4 heteroatoms. The Hall–Kier alpha value is -1.81. The molecule has 1 aromatic carbocycles. The Morgan fingerprint density at radius 3 is 2.95 bits per heavy atom. The lowest BCUT2D eigenvalue weighted by atomic mass is 9.82. The first kappa shape index (κ1) is 13.2. The van der Waals surface area contributed by atoms with Crippen molar-refractivity contribution in [2.75, 3.05) is 18.5 Å². The van der Waals surface area contributed by atoms with Crippen molar-refractivity contribution in [2.24, 2.45) is 5.73 Å². The number of aryl methyl sites for hydroxylation is 2. The summed E-state index contributed by atoms with van der Waals surface area (Å²) in [4.78, 5) is 2.06. The minimum atomic E-state index is 0.521. The van der Waals surface area contributed by atoms with Crippen molar-refractivity contribution in [1.82, 2.24) is 5.16 Å². The molecule has 3 rings (SSSR count). The van der Waals surface area contributed by atoms with Gasteiger partial charge in [-0.3, -0.25) is 0 Å². The first-order chi connectivity index (χ1) is 9.69. The maximum atomic E-state index is 5.88. The number of fused-ring (bicyclic) bond motifs is 1. The lowest BCUT2D eigenvalue weighted by Gasteiger charge is -2.26. The molecule has 2 aromatic rings. The number of benzene rings is 1. The summed E-state index contributed by atoms with van der Waals surface area (Å²) in [5, 5.41) is 4.07. The van der Waals surface area contributed by atoms with Gasteiger partial charge in [-0.15, -0.1) is 0 Å². The topological polar surface area (TPSA) is 55.3 Å². The molecule has 4 nitrogen and oxygen atoms in total. The minimum absolute atomic E-state index is 0.521. The lowest BCUT2D eigenvalue weighted by molar-refractivity contribution is 0.398. The van der Waals surface area contributed by atoms with Crippen molar-refractivity contribution in [3.63, 3.8) is 0 Å². The summed E-state index contributed by atoms with van der Waals surface area (Å²) in [7, 11) is 2.02. The highest BCUT2D eigenvalue weighted by molar-refractivity contribution is 5.61. The Morgan fingerprint density at radius 2 is 2.25 bits per heavy atom. The van der Waals surface area contributed by atoms with Gasteiger partial charge in [-0.25, -0.2) is 0 Å². The van der Waals surface area contributed by atoms with Crippen LogP contribution in [0.15, 0.2) is 28.8 Å². The van der Waals surface area contributed by atoms with Gasteiger partial charge in [0.15, 0.2) is 5.82 Å². The van der Waals surface area contributed by atoms with E-state index in [0.717, 1.165) is 30.2 Å². The zero-order valence-electron chi connectivity index (χ0n) is 12.1. The smallest absolute Gasteiger partial charge is 0.176 e. The fourth-order valence-electron chi connectivity index (χ4n) is 3.00. The molecule has 0 saturated heterocycles. The third-order valence-corrected chi connectivity index (χ3v) is 4.20. The maximum Gasteiger partial charge on any atom is 0.176 e. The highest BCUT2D eigenvalue weighted by Crippen LogP contribution is 2.34. The van der Waals surface area contributed by atoms with Crippen molar-refractivity contribution in [1.29, 1.82) is 0 Å². The second kappa shape index (κ2) is 5.29. The van der Waals surface area contributed by atoms with Crippen LogP contribution < -0.4 is 10.6 Å². The maximum absolute atomic E-state index is 5.88. The SMILES string of the molecule is Cc1cc(N(C)c2ccc3c(c2)CCC[C@H]3CN)no1. The molecule has 1 heterocycles. The zero-order valence-corrected chi connectivity index (χ0v) is 12.1. The Balaban J connectivity index is 1.92. The predicted octanol–water partition coefficient (Wildman–Crippen LogP) is 3.13. The van der Waals surface area contributed by atoms with Gasteiger partial charge in [0.2, 0.25) is 0 Å². The molecule has 1 aliphatic carbocycles. The van der Waals surface area contributed by atoms with Crippen LogP contribution in [0, 0.1) is 6.92 Å². The Labute approximate surface area is 119 Å². The highest BCUT2D eigenvalue weighted by Gasteiger charge is 2.20. The zero-order chi connectivity index (χ0) is 14.1. The number of nitrogens with zero attached hydrogens (tertiary/aromatic N) is 2. The van der Waals surface area contributed by atoms with E-state index in [2.05, 4.69) is 28.3 Å². The third kappa shape index (κ3) is 2.31. The predicted molar refractivity (Wildman–Crippen MR) is 80.5 cm³/mol. The number of aromatic nitrogens is 1. The Morgan fingerprint density at radius 1 is 1.40 bits per heavy atom. The van der Waals surface area contributed by atoms with E-state index in [-0.39, 0.29) is 0 Å². The fraction of sp³-hybridized carbons (Fsp3) is 0.438. The van der Waals surface area contributed by atoms with Gasteiger partial charge < -0.3 is 15.2 Å². The number of rotatable bonds is 3. The summed E-state index contributed by atoms with van der Waals surface area (Å²) in [6.07, 6.45) is 3.58. The van der Waals surface area contributed by atoms with Crippen molar-refractivity contribution in [3.8, 4) is 0 Å². The normalized spacial score (nSPS) is 17.9. The molecule has 1 aromatic heterocycles. The molecular formula is C16H21N3O. The van der Waals surface area contributed by atoms with Crippen LogP contribution in [0.5, 0.6) is 0 Å². The van der Waals surface area contributed by atoms with E-state index in [9.17, 15) is 0 Å². The molecule has 0 spiro atoms. The average molecular weight is 271 g/mol. The van der Waals surface area contributed by atoms with E-state index in [0.29, 0.717) is 5.92 Å². The van der Waals surface area contributed by atoms with Crippen LogP contribution in [-0.2, 0) is 6.42 Å². The van der Waals surface area contributed by atoms with Gasteiger partial charge in [0, 0.05) is 18.8 Å². The molecule has 0 fully saturated rings. The van der Waals surface area contributed by atoms with E-state index in [4.69, 9.17) is 10.3 Å². The van der Waals surface area contributed by atoms with Crippen LogP contribution >= 0.6 is 0 Å². The van der Waals surface area contributed by atoms with Gasteiger partial charge in [0.05, 0.1) is 0 Å². The molecule has 20 heavy (non-hydrogen) atoms. The summed E-state index contributed by atoms with van der Waals surface area (Å²) < 4.78 is 5.15. The number of nitrogens with two attached hydrogens (primary N) is 1. The van der Waals surface area contributed by atoms with Gasteiger partial charge in [0.25, 0.3) is 0 Å². The number of hydrogen-bond donors (Lipinski definition) is 1. The first-order valence-corrected chi connectivity index (χ1v) is 7.19. The second-order valence-electron chi connectivity index (χ2n) is 5.56. The van der Waals surface area contributed by atoms with Crippen molar-refractivity contribution >= 4 is 11.5 Å². The van der Waals surface area contributed by atoms with Crippen LogP contribution in [0.4, 0.5) is 11.5 Å². The van der Waals surface area contributed by atoms with Crippen LogP contribution in [-0.4, -0.2) is 18.7 Å². The molecule has 106 valence electrons. The molecular weight excluding hydrogens is 250 g/mol. The summed E-state index contributed by atoms with van der Waals surface area (Å²) >= 11 is 0. The van der Waals surface area contributed by atoms with Gasteiger partial charge >= 0.3 is 0 Å². The van der Waals surface area contributed by atoms with E-state index in [1.807, 2.05) is 20.0 Å². The summed E-state index contributed by atoms with van der Waals surface area (Å²) in [6, 6.07) is 8.59. The Kier molecular flexibility index (Phi) is 3.49. The van der Waals surface area contributed by atoms with E-state index >= 15 is 0 Å². The lowest BCUT2D eigenvalue weighted by Crippen LogP contribution is -2.19. The molecule has 1 atom stereocenters. The standard InChI is InChI=1S/C16H21N3O/c1-11-8-16(18-20-11)19(2)14-6-7-15-12(9-14)4-3-5-13(15)10-17/h6-9,13H,3-5,10,17H2,1-2H3/t13-/m0/s1. The molecule has 0 radical (unpaired) electrons. The average Bonchev–Trinajstić information content (AvgIpc) is 2.91. The summed E-state index contributed by atoms with van der Waals surface area (Å²) in [5.41, 5.74) is 9.88. The van der Waals surface area contributed by atoms with Crippen molar-refractivity contribution in [2.45, 2.75) is 32.1 Å². The van der Waals surface area contributed by atoms with Gasteiger partial charge in [-0.1, -0.05) is 11.2 Å². The quantitative estimate of drug-likeness (QED) is 0.931. The highest BCUT2D eigenvalue weighted by atomic mass is 16.5. The third-order valence-electron chi connectivity index (χ3n) is 4.20. The van der Waals surface area contributed by atoms with Crippen LogP contribution in [0.2, 0.25) is 0 Å². The molecule has 0 amide bonds. The van der Waals surface area contributed by atoms with Gasteiger partial charge in [-0.05, 0) is 61.9 Å². The van der Waals surface area contributed by atoms with Gasteiger partial charge in [0.1, 0.15) is 5.76 Å². The van der Waals surface area contributed by atoms with Crippen molar-refractivity contribution in [3.05, 3.63) is 41.2 Å². The van der Waals surface area contributed by atoms with Crippen LogP contribution in [0.25, 0.3) is 0 Å². The first-order valence-electron chi connectivity index (χ1n) is 7.19. The molecule has 2 N–H and O–H groups in total. The second-order valence-corrected chi connectivity index (χ2v) is 5.56. The Bertz CT molecular complexity index is 606. The molecule has 0 saturated carbocycles. The van der Waals surface area contributed by atoms with E-state index in [1.165, 1.54) is 24.0 Å². The molecule has 0 aliphatic heterocycles. The van der Waals surface area contributed by atoms with E-state index < -0.39 is 0 Å². The summed E-state index contributed by atoms with van der Waals surface area (Å²) in [5.74, 6) is 2.19.